The van der Waals surface area contributed by atoms with E-state index < -0.39 is 0 Å². The second kappa shape index (κ2) is 4.72. The van der Waals surface area contributed by atoms with Crippen molar-refractivity contribution in [2.24, 2.45) is 0 Å². The minimum Gasteiger partial charge on any atom is -0.331 e. The van der Waals surface area contributed by atoms with Crippen LogP contribution in [0.1, 0.15) is 5.56 Å². The van der Waals surface area contributed by atoms with Gasteiger partial charge in [0.2, 0.25) is 0 Å². The molecule has 0 bridgehead atoms. The van der Waals surface area contributed by atoms with Crippen molar-refractivity contribution >= 4 is 23.2 Å². The molecule has 0 atom stereocenters. The van der Waals surface area contributed by atoms with Crippen LogP contribution in [0.3, 0.4) is 0 Å². The molecule has 0 saturated heterocycles. The van der Waals surface area contributed by atoms with E-state index in [-0.39, 0.29) is 6.03 Å². The van der Waals surface area contributed by atoms with Gasteiger partial charge in [-0.05, 0) is 0 Å². The van der Waals surface area contributed by atoms with Crippen molar-refractivity contribution in [3.8, 4) is 0 Å². The molecule has 0 aliphatic rings. The molecule has 1 rings (SSSR count). The molecule has 0 radical (unpaired) electrons. The highest BCUT2D eigenvalue weighted by atomic mass is 32.1. The average Bonchev–Trinajstić information content (AvgIpc) is 2.19. The number of amides is 2. The van der Waals surface area contributed by atoms with Gasteiger partial charge in [0, 0.05) is 19.7 Å². The van der Waals surface area contributed by atoms with Gasteiger partial charge in [-0.1, -0.05) is 42.5 Å². The Morgan fingerprint density at radius 2 is 1.86 bits per heavy atom. The Morgan fingerprint density at radius 3 is 2.36 bits per heavy atom. The number of benzene rings is 1. The summed E-state index contributed by atoms with van der Waals surface area (Å²) in [5.41, 5.74) is 0.845. The predicted molar refractivity (Wildman–Crippen MR) is 60.4 cm³/mol. The van der Waals surface area contributed by atoms with Crippen molar-refractivity contribution in [1.29, 1.82) is 0 Å². The Balaban J connectivity index is 2.65. The minimum atomic E-state index is -0.209. The maximum Gasteiger partial charge on any atom is 0.321 e. The monoisotopic (exact) mass is 208 g/mol. The van der Waals surface area contributed by atoms with Gasteiger partial charge < -0.3 is 4.90 Å². The minimum absolute atomic E-state index is 0.209. The normalized spacial score (nSPS) is 9.29. The maximum absolute atomic E-state index is 11.3. The molecule has 1 N–H and O–H groups in total. The molecule has 0 aromatic heterocycles. The molecule has 74 valence electrons. The Kier molecular flexibility index (Phi) is 3.59. The van der Waals surface area contributed by atoms with Gasteiger partial charge in [0.05, 0.1) is 0 Å². The first-order valence-corrected chi connectivity index (χ1v) is 4.60. The predicted octanol–water partition coefficient (Wildman–Crippen LogP) is 1.63. The number of nitrogens with zero attached hydrogens (tertiary/aromatic N) is 1. The molecule has 14 heavy (non-hydrogen) atoms. The van der Waals surface area contributed by atoms with Crippen LogP contribution in [-0.4, -0.2) is 30.0 Å². The van der Waals surface area contributed by atoms with E-state index in [2.05, 4.69) is 5.32 Å². The number of rotatable bonds is 1. The van der Waals surface area contributed by atoms with Crippen LogP contribution in [0.25, 0.3) is 0 Å². The number of urea groups is 1. The number of nitrogens with one attached hydrogen (secondary N) is 1. The molecule has 0 aliphatic heterocycles. The third kappa shape index (κ3) is 2.81. The third-order valence-electron chi connectivity index (χ3n) is 1.66. The quantitative estimate of drug-likeness (QED) is 0.711. The highest BCUT2D eigenvalue weighted by molar-refractivity contribution is 7.80. The van der Waals surface area contributed by atoms with E-state index in [1.807, 2.05) is 30.3 Å². The molecule has 0 fully saturated rings. The summed E-state index contributed by atoms with van der Waals surface area (Å²) in [6, 6.07) is 9.17. The summed E-state index contributed by atoms with van der Waals surface area (Å²) < 4.78 is 0. The molecular formula is C10H12N2OS. The Labute approximate surface area is 88.7 Å². The summed E-state index contributed by atoms with van der Waals surface area (Å²) in [5.74, 6) is 0. The lowest BCUT2D eigenvalue weighted by atomic mass is 10.2. The van der Waals surface area contributed by atoms with Crippen LogP contribution in [0.5, 0.6) is 0 Å². The van der Waals surface area contributed by atoms with Gasteiger partial charge in [0.25, 0.3) is 0 Å². The van der Waals surface area contributed by atoms with Crippen LogP contribution in [-0.2, 0) is 0 Å². The van der Waals surface area contributed by atoms with E-state index >= 15 is 0 Å². The van der Waals surface area contributed by atoms with E-state index in [0.29, 0.717) is 4.99 Å². The van der Waals surface area contributed by atoms with Crippen LogP contribution in [0.2, 0.25) is 0 Å². The molecule has 0 unspecified atom stereocenters. The standard InChI is InChI=1S/C10H12N2OS/c1-12(2)10(13)11-9(14)8-6-4-3-5-7-8/h3-7H,1-2H3,(H,11,13,14). The zero-order valence-electron chi connectivity index (χ0n) is 8.15. The first kappa shape index (κ1) is 10.7. The zero-order chi connectivity index (χ0) is 10.6. The fourth-order valence-corrected chi connectivity index (χ4v) is 1.09. The lowest BCUT2D eigenvalue weighted by Gasteiger charge is -2.12. The first-order chi connectivity index (χ1) is 6.61. The summed E-state index contributed by atoms with van der Waals surface area (Å²) >= 11 is 5.06. The third-order valence-corrected chi connectivity index (χ3v) is 2.00. The van der Waals surface area contributed by atoms with Crippen molar-refractivity contribution in [3.05, 3.63) is 35.9 Å². The fourth-order valence-electron chi connectivity index (χ4n) is 0.871. The van der Waals surface area contributed by atoms with E-state index in [1.165, 1.54) is 4.90 Å². The van der Waals surface area contributed by atoms with Crippen molar-refractivity contribution < 1.29 is 4.79 Å². The van der Waals surface area contributed by atoms with Gasteiger partial charge in [-0.2, -0.15) is 0 Å². The number of carbonyl (C=O) groups excluding carboxylic acids is 1. The summed E-state index contributed by atoms with van der Waals surface area (Å²) in [4.78, 5) is 13.1. The number of hydrogen-bond acceptors (Lipinski definition) is 2. The van der Waals surface area contributed by atoms with Crippen LogP contribution >= 0.6 is 12.2 Å². The fraction of sp³-hybridized carbons (Fsp3) is 0.200. The topological polar surface area (TPSA) is 32.3 Å². The summed E-state index contributed by atoms with van der Waals surface area (Å²) in [5, 5.41) is 2.61. The molecule has 0 saturated carbocycles. The Bertz CT molecular complexity index is 335. The lowest BCUT2D eigenvalue weighted by Crippen LogP contribution is -2.38. The van der Waals surface area contributed by atoms with Gasteiger partial charge in [-0.25, -0.2) is 4.79 Å². The van der Waals surface area contributed by atoms with Crippen LogP contribution in [0, 0.1) is 0 Å². The highest BCUT2D eigenvalue weighted by Crippen LogP contribution is 1.99. The van der Waals surface area contributed by atoms with Crippen molar-refractivity contribution in [3.63, 3.8) is 0 Å². The van der Waals surface area contributed by atoms with Crippen LogP contribution in [0.15, 0.2) is 30.3 Å². The molecule has 3 nitrogen and oxygen atoms in total. The van der Waals surface area contributed by atoms with Crippen LogP contribution in [0.4, 0.5) is 4.79 Å². The average molecular weight is 208 g/mol. The molecule has 0 heterocycles. The van der Waals surface area contributed by atoms with Gasteiger partial charge in [-0.15, -0.1) is 0 Å². The van der Waals surface area contributed by atoms with E-state index in [1.54, 1.807) is 14.1 Å². The Morgan fingerprint density at radius 1 is 1.29 bits per heavy atom. The van der Waals surface area contributed by atoms with Gasteiger partial charge in [-0.3, -0.25) is 5.32 Å². The van der Waals surface area contributed by atoms with E-state index in [4.69, 9.17) is 12.2 Å². The SMILES string of the molecule is CN(C)C(=O)NC(=S)c1ccccc1. The largest absolute Gasteiger partial charge is 0.331 e. The molecule has 1 aromatic carbocycles. The summed E-state index contributed by atoms with van der Waals surface area (Å²) in [6.45, 7) is 0. The molecular weight excluding hydrogens is 196 g/mol. The molecule has 1 aromatic rings. The summed E-state index contributed by atoms with van der Waals surface area (Å²) in [6.07, 6.45) is 0. The van der Waals surface area contributed by atoms with E-state index in [9.17, 15) is 4.79 Å². The van der Waals surface area contributed by atoms with Gasteiger partial charge >= 0.3 is 6.03 Å². The van der Waals surface area contributed by atoms with Crippen molar-refractivity contribution in [2.45, 2.75) is 0 Å². The van der Waals surface area contributed by atoms with Crippen molar-refractivity contribution in [1.82, 2.24) is 10.2 Å². The summed E-state index contributed by atoms with van der Waals surface area (Å²) in [7, 11) is 3.34. The lowest BCUT2D eigenvalue weighted by molar-refractivity contribution is 0.222. The number of carbonyl (C=O) groups is 1. The van der Waals surface area contributed by atoms with E-state index in [0.717, 1.165) is 5.56 Å². The highest BCUT2D eigenvalue weighted by Gasteiger charge is 2.06. The second-order valence-electron chi connectivity index (χ2n) is 3.02. The van der Waals surface area contributed by atoms with Gasteiger partial charge in [0.15, 0.2) is 0 Å². The first-order valence-electron chi connectivity index (χ1n) is 4.19. The molecule has 4 heteroatoms. The molecule has 0 aliphatic carbocycles. The van der Waals surface area contributed by atoms with Crippen molar-refractivity contribution in [2.75, 3.05) is 14.1 Å². The number of thiocarbonyl (C=S) groups is 1. The zero-order valence-corrected chi connectivity index (χ0v) is 8.97. The number of hydrogen-bond donors (Lipinski definition) is 1. The van der Waals surface area contributed by atoms with Crippen LogP contribution < -0.4 is 5.32 Å². The smallest absolute Gasteiger partial charge is 0.321 e. The van der Waals surface area contributed by atoms with Gasteiger partial charge in [0.1, 0.15) is 4.99 Å². The molecule has 2 amide bonds. The second-order valence-corrected chi connectivity index (χ2v) is 3.43. The maximum atomic E-state index is 11.3. The Hall–Kier alpha value is -1.42. The molecule has 0 spiro atoms.